The summed E-state index contributed by atoms with van der Waals surface area (Å²) in [7, 11) is 1.55. The fourth-order valence-electron chi connectivity index (χ4n) is 4.72. The number of hydrazine groups is 1. The van der Waals surface area contributed by atoms with Gasteiger partial charge in [0.05, 0.1) is 29.6 Å². The van der Waals surface area contributed by atoms with Gasteiger partial charge in [-0.25, -0.2) is 10.0 Å². The van der Waals surface area contributed by atoms with Crippen molar-refractivity contribution in [1.82, 2.24) is 9.99 Å². The van der Waals surface area contributed by atoms with Crippen molar-refractivity contribution in [2.45, 2.75) is 0 Å². The van der Waals surface area contributed by atoms with Crippen molar-refractivity contribution < 1.29 is 19.0 Å². The lowest BCUT2D eigenvalue weighted by Gasteiger charge is -2.40. The third-order valence-electron chi connectivity index (χ3n) is 6.61. The van der Waals surface area contributed by atoms with E-state index in [-0.39, 0.29) is 6.61 Å². The molecule has 2 heterocycles. The molecular formula is C31H27N5O4. The normalized spacial score (nSPS) is 13.2. The van der Waals surface area contributed by atoms with Crippen molar-refractivity contribution in [3.05, 3.63) is 78.5 Å². The maximum absolute atomic E-state index is 12.1. The molecule has 3 aromatic carbocycles. The molecule has 1 aromatic heterocycles. The van der Waals surface area contributed by atoms with Crippen molar-refractivity contribution in [3.8, 4) is 41.4 Å². The molecule has 0 saturated carbocycles. The van der Waals surface area contributed by atoms with Crippen LogP contribution in [0.25, 0.3) is 10.9 Å². The molecule has 9 nitrogen and oxygen atoms in total. The van der Waals surface area contributed by atoms with Gasteiger partial charge >= 0.3 is 0 Å². The van der Waals surface area contributed by atoms with E-state index < -0.39 is 0 Å². The number of piperazine rings is 1. The average Bonchev–Trinajstić information content (AvgIpc) is 3.01. The van der Waals surface area contributed by atoms with Crippen LogP contribution in [0.15, 0.2) is 72.9 Å². The molecule has 0 N–H and O–H groups in total. The Kier molecular flexibility index (Phi) is 7.96. The van der Waals surface area contributed by atoms with Crippen LogP contribution in [0, 0.1) is 23.7 Å². The molecule has 4 aromatic rings. The molecule has 0 aliphatic carbocycles. The Morgan fingerprint density at radius 3 is 2.40 bits per heavy atom. The maximum Gasteiger partial charge on any atom is 0.228 e. The van der Waals surface area contributed by atoms with Gasteiger partial charge in [-0.2, -0.15) is 5.26 Å². The van der Waals surface area contributed by atoms with Crippen LogP contribution in [0.5, 0.6) is 23.0 Å². The fourth-order valence-corrected chi connectivity index (χ4v) is 4.72. The second-order valence-corrected chi connectivity index (χ2v) is 8.95. The van der Waals surface area contributed by atoms with Crippen molar-refractivity contribution in [2.75, 3.05) is 49.8 Å². The van der Waals surface area contributed by atoms with E-state index in [9.17, 15) is 10.1 Å². The lowest BCUT2D eigenvalue weighted by Crippen LogP contribution is -2.54. The van der Waals surface area contributed by atoms with Crippen LogP contribution >= 0.6 is 0 Å². The summed E-state index contributed by atoms with van der Waals surface area (Å²) in [6, 6.07) is 22.8. The number of amides is 1. The Morgan fingerprint density at radius 2 is 1.75 bits per heavy atom. The number of ether oxygens (including phenoxy) is 3. The summed E-state index contributed by atoms with van der Waals surface area (Å²) in [5.41, 5.74) is 2.63. The van der Waals surface area contributed by atoms with Gasteiger partial charge in [-0.05, 0) is 42.5 Å². The number of aromatic nitrogens is 1. The quantitative estimate of drug-likeness (QED) is 0.227. The first-order chi connectivity index (χ1) is 19.6. The highest BCUT2D eigenvalue weighted by Crippen LogP contribution is 2.38. The number of nitrogens with zero attached hydrogens (tertiary/aromatic N) is 5. The molecule has 1 saturated heterocycles. The zero-order chi connectivity index (χ0) is 27.9. The Hall–Kier alpha value is -5.25. The van der Waals surface area contributed by atoms with E-state index in [2.05, 4.69) is 21.9 Å². The molecule has 0 bridgehead atoms. The molecule has 1 fully saturated rings. The molecule has 1 aliphatic rings. The van der Waals surface area contributed by atoms with Gasteiger partial charge in [0.25, 0.3) is 0 Å². The Balaban J connectivity index is 1.34. The molecule has 40 heavy (non-hydrogen) atoms. The first-order valence-electron chi connectivity index (χ1n) is 12.7. The van der Waals surface area contributed by atoms with Crippen LogP contribution in [-0.2, 0) is 4.79 Å². The minimum atomic E-state index is 0.100. The lowest BCUT2D eigenvalue weighted by molar-refractivity contribution is -0.110. The van der Waals surface area contributed by atoms with Crippen molar-refractivity contribution in [3.63, 3.8) is 0 Å². The Morgan fingerprint density at radius 1 is 1.02 bits per heavy atom. The topological polar surface area (TPSA) is 91.2 Å². The number of benzene rings is 3. The molecule has 1 aliphatic heterocycles. The summed E-state index contributed by atoms with van der Waals surface area (Å²) < 4.78 is 17.0. The number of nitriles is 1. The van der Waals surface area contributed by atoms with Crippen LogP contribution in [0.2, 0.25) is 0 Å². The molecule has 200 valence electrons. The summed E-state index contributed by atoms with van der Waals surface area (Å²) in [5, 5.41) is 14.2. The van der Waals surface area contributed by atoms with Gasteiger partial charge in [0, 0.05) is 43.8 Å². The zero-order valence-electron chi connectivity index (χ0n) is 22.0. The van der Waals surface area contributed by atoms with E-state index in [1.807, 2.05) is 65.7 Å². The van der Waals surface area contributed by atoms with Crippen molar-refractivity contribution in [1.29, 1.82) is 5.26 Å². The first kappa shape index (κ1) is 26.4. The number of terminal acetylenes is 1. The van der Waals surface area contributed by atoms with Crippen LogP contribution in [0.4, 0.5) is 11.4 Å². The second kappa shape index (κ2) is 12.1. The van der Waals surface area contributed by atoms with Gasteiger partial charge in [0.2, 0.25) is 6.41 Å². The highest BCUT2D eigenvalue weighted by atomic mass is 16.5. The Labute approximate surface area is 232 Å². The summed E-state index contributed by atoms with van der Waals surface area (Å²) in [6.45, 7) is 2.41. The van der Waals surface area contributed by atoms with Gasteiger partial charge in [-0.3, -0.25) is 9.78 Å². The summed E-state index contributed by atoms with van der Waals surface area (Å²) in [4.78, 5) is 18.7. The molecule has 0 radical (unpaired) electrons. The van der Waals surface area contributed by atoms with Gasteiger partial charge in [0.1, 0.15) is 24.2 Å². The molecule has 0 atom stereocenters. The largest absolute Gasteiger partial charge is 0.493 e. The number of methoxy groups -OCH3 is 1. The highest BCUT2D eigenvalue weighted by molar-refractivity contribution is 5.96. The molecule has 1 amide bonds. The van der Waals surface area contributed by atoms with Crippen LogP contribution in [0.1, 0.15) is 5.56 Å². The third-order valence-corrected chi connectivity index (χ3v) is 6.61. The summed E-state index contributed by atoms with van der Waals surface area (Å²) >= 11 is 0. The number of fused-ring (bicyclic) bond motifs is 1. The lowest BCUT2D eigenvalue weighted by atomic mass is 10.1. The number of carbonyl (C=O) groups is 1. The minimum Gasteiger partial charge on any atom is -0.493 e. The Bertz CT molecular complexity index is 1570. The molecule has 5 rings (SSSR count). The number of carbonyl (C=O) groups excluding carboxylic acids is 1. The smallest absolute Gasteiger partial charge is 0.228 e. The predicted molar refractivity (Wildman–Crippen MR) is 153 cm³/mol. The van der Waals surface area contributed by atoms with Crippen molar-refractivity contribution >= 4 is 28.7 Å². The first-order valence-corrected chi connectivity index (χ1v) is 12.7. The van der Waals surface area contributed by atoms with Crippen LogP contribution < -0.4 is 24.1 Å². The number of hydrogen-bond donors (Lipinski definition) is 0. The number of hydrogen-bond acceptors (Lipinski definition) is 8. The van der Waals surface area contributed by atoms with E-state index in [1.165, 1.54) is 0 Å². The number of rotatable bonds is 9. The van der Waals surface area contributed by atoms with Gasteiger partial charge in [-0.15, -0.1) is 6.42 Å². The number of anilines is 2. The van der Waals surface area contributed by atoms with E-state index in [0.717, 1.165) is 28.9 Å². The standard InChI is InChI=1S/C31H27N5O4/c1-3-17-39-30-19-28-27(18-29(30)38-2)31(23(20-32)21-33-28)34-13-15-35(16-14-34)36(22-37)24-9-11-26(12-10-24)40-25-7-5-4-6-8-25/h1,4-12,18-19,21-22H,13-17H2,2H3. The molecule has 0 spiro atoms. The molecule has 0 unspecified atom stereocenters. The monoisotopic (exact) mass is 533 g/mol. The van der Waals surface area contributed by atoms with Crippen LogP contribution in [0.3, 0.4) is 0 Å². The van der Waals surface area contributed by atoms with Gasteiger partial charge < -0.3 is 19.1 Å². The SMILES string of the molecule is C#CCOc1cc2ncc(C#N)c(N3CCN(N(C=O)c4ccc(Oc5ccccc5)cc4)CC3)c2cc1OC. The van der Waals surface area contributed by atoms with E-state index in [0.29, 0.717) is 54.5 Å². The van der Waals surface area contributed by atoms with E-state index in [1.54, 1.807) is 24.4 Å². The maximum atomic E-state index is 12.1. The van der Waals surface area contributed by atoms with E-state index in [4.69, 9.17) is 20.6 Å². The average molecular weight is 534 g/mol. The van der Waals surface area contributed by atoms with Crippen molar-refractivity contribution in [2.24, 2.45) is 0 Å². The third kappa shape index (κ3) is 5.46. The predicted octanol–water partition coefficient (Wildman–Crippen LogP) is 4.62. The van der Waals surface area contributed by atoms with Gasteiger partial charge in [0.15, 0.2) is 11.5 Å². The number of pyridine rings is 1. The summed E-state index contributed by atoms with van der Waals surface area (Å²) in [5.74, 6) is 4.87. The zero-order valence-corrected chi connectivity index (χ0v) is 22.0. The minimum absolute atomic E-state index is 0.100. The second-order valence-electron chi connectivity index (χ2n) is 8.95. The fraction of sp³-hybridized carbons (Fsp3) is 0.194. The van der Waals surface area contributed by atoms with Crippen LogP contribution in [-0.4, -0.2) is 56.3 Å². The van der Waals surface area contributed by atoms with E-state index >= 15 is 0 Å². The molecule has 9 heteroatoms. The van der Waals surface area contributed by atoms with Gasteiger partial charge in [-0.1, -0.05) is 24.1 Å². The summed E-state index contributed by atoms with van der Waals surface area (Å²) in [6.07, 6.45) is 7.73. The highest BCUT2D eigenvalue weighted by Gasteiger charge is 2.26. The number of para-hydroxylation sites is 1. The molecular weight excluding hydrogens is 506 g/mol.